The predicted octanol–water partition coefficient (Wildman–Crippen LogP) is 0.526. The summed E-state index contributed by atoms with van der Waals surface area (Å²) in [6.45, 7) is 4.48. The van der Waals surface area contributed by atoms with E-state index in [0.29, 0.717) is 0 Å². The first kappa shape index (κ1) is 24.5. The normalized spacial score (nSPS) is 9.84. The molecule has 0 aromatic heterocycles. The Bertz CT molecular complexity index is 744. The minimum atomic E-state index is 0. The second-order valence-corrected chi connectivity index (χ2v) is 6.18. The Morgan fingerprint density at radius 3 is 2.24 bits per heavy atom. The first-order chi connectivity index (χ1) is 10.8. The zero-order chi connectivity index (χ0) is 15.4. The Labute approximate surface area is 183 Å². The van der Waals surface area contributed by atoms with Crippen LogP contribution in [0.1, 0.15) is 44.2 Å². The number of unbranched alkanes of at least 4 members (excludes halogenated alkanes) is 2. The molecule has 0 N–H and O–H groups in total. The summed E-state index contributed by atoms with van der Waals surface area (Å²) in [4.78, 5) is 0. The van der Waals surface area contributed by atoms with Gasteiger partial charge in [0.2, 0.25) is 0 Å². The number of aryl methyl sites for hydroxylation is 2. The summed E-state index contributed by atoms with van der Waals surface area (Å²) >= 11 is 0. The Hall–Kier alpha value is -0.487. The van der Waals surface area contributed by atoms with Gasteiger partial charge < -0.3 is 24.8 Å². The van der Waals surface area contributed by atoms with Gasteiger partial charge >= 0.3 is 26.2 Å². The van der Waals surface area contributed by atoms with Gasteiger partial charge in [-0.05, 0) is 30.4 Å². The number of rotatable bonds is 6. The van der Waals surface area contributed by atoms with Gasteiger partial charge in [0.15, 0.2) is 0 Å². The van der Waals surface area contributed by atoms with Crippen LogP contribution in [0.2, 0.25) is 0 Å². The monoisotopic (exact) mass is 449 g/mol. The molecule has 0 saturated carbocycles. The minimum Gasteiger partial charge on any atom is -1.00 e. The SMILES string of the molecule is CCCCCc1ccc(-c2cccc3[cH-]c(CC)cc23)cc1.[Cl-].[Cl-].[Zr+3]. The molecule has 0 fully saturated rings. The first-order valence-electron chi connectivity index (χ1n) is 8.59. The second kappa shape index (κ2) is 12.0. The van der Waals surface area contributed by atoms with E-state index in [0.717, 1.165) is 6.42 Å². The van der Waals surface area contributed by atoms with E-state index in [1.165, 1.54) is 58.7 Å². The molecule has 25 heavy (non-hydrogen) atoms. The standard InChI is InChI=1S/C22H25.2ClH.Zr/c1-3-5-6-8-18-11-13-19(14-12-18)21-10-7-9-20-15-17(4-2)16-22(20)21;;;/h7,9-16H,3-6,8H2,1-2H3;2*1H;/q-1;;;+3/p-2. The van der Waals surface area contributed by atoms with Crippen LogP contribution < -0.4 is 24.8 Å². The number of halogens is 2. The maximum absolute atomic E-state index is 2.35. The van der Waals surface area contributed by atoms with Crippen LogP contribution in [0.3, 0.4) is 0 Å². The molecule has 3 aromatic rings. The Morgan fingerprint density at radius 2 is 1.60 bits per heavy atom. The number of hydrogen-bond acceptors (Lipinski definition) is 0. The fourth-order valence-corrected chi connectivity index (χ4v) is 3.18. The molecule has 3 aromatic carbocycles. The van der Waals surface area contributed by atoms with Crippen molar-refractivity contribution in [1.82, 2.24) is 0 Å². The van der Waals surface area contributed by atoms with Crippen molar-refractivity contribution in [2.75, 3.05) is 0 Å². The molecule has 0 saturated heterocycles. The summed E-state index contributed by atoms with van der Waals surface area (Å²) in [5.74, 6) is 0. The Balaban J connectivity index is 0.00000192. The van der Waals surface area contributed by atoms with Crippen molar-refractivity contribution in [2.24, 2.45) is 0 Å². The average Bonchev–Trinajstić information content (AvgIpc) is 2.99. The summed E-state index contributed by atoms with van der Waals surface area (Å²) < 4.78 is 0. The minimum absolute atomic E-state index is 0. The van der Waals surface area contributed by atoms with Crippen molar-refractivity contribution < 1.29 is 51.0 Å². The molecule has 0 aliphatic heterocycles. The third-order valence-electron chi connectivity index (χ3n) is 4.55. The maximum atomic E-state index is 2.35. The fourth-order valence-electron chi connectivity index (χ4n) is 3.18. The van der Waals surface area contributed by atoms with E-state index >= 15 is 0 Å². The molecule has 0 aliphatic rings. The topological polar surface area (TPSA) is 0 Å². The molecule has 0 amide bonds. The quantitative estimate of drug-likeness (QED) is 0.379. The summed E-state index contributed by atoms with van der Waals surface area (Å²) in [6, 6.07) is 20.5. The summed E-state index contributed by atoms with van der Waals surface area (Å²) in [5.41, 5.74) is 5.58. The van der Waals surface area contributed by atoms with E-state index in [1.54, 1.807) is 0 Å². The summed E-state index contributed by atoms with van der Waals surface area (Å²) in [6.07, 6.45) is 6.22. The van der Waals surface area contributed by atoms with E-state index < -0.39 is 0 Å². The third kappa shape index (κ3) is 6.02. The van der Waals surface area contributed by atoms with Crippen molar-refractivity contribution in [3.8, 4) is 11.1 Å². The molecule has 0 aliphatic carbocycles. The molecular weight excluding hydrogens is 426 g/mol. The zero-order valence-corrected chi connectivity index (χ0v) is 19.0. The van der Waals surface area contributed by atoms with E-state index in [1.807, 2.05) is 0 Å². The molecule has 131 valence electrons. The van der Waals surface area contributed by atoms with Gasteiger partial charge in [0, 0.05) is 0 Å². The molecule has 1 radical (unpaired) electrons. The van der Waals surface area contributed by atoms with Crippen molar-refractivity contribution in [2.45, 2.75) is 46.0 Å². The van der Waals surface area contributed by atoms with Gasteiger partial charge in [0.25, 0.3) is 0 Å². The van der Waals surface area contributed by atoms with E-state index in [2.05, 4.69) is 68.4 Å². The van der Waals surface area contributed by atoms with Crippen LogP contribution in [0.4, 0.5) is 0 Å². The molecular formula is C22H25Cl2Zr. The molecule has 3 heteroatoms. The molecule has 0 heterocycles. The summed E-state index contributed by atoms with van der Waals surface area (Å²) in [7, 11) is 0. The van der Waals surface area contributed by atoms with E-state index in [-0.39, 0.29) is 51.0 Å². The molecule has 3 rings (SSSR count). The van der Waals surface area contributed by atoms with Gasteiger partial charge in [-0.1, -0.05) is 62.6 Å². The van der Waals surface area contributed by atoms with Crippen LogP contribution >= 0.6 is 0 Å². The fraction of sp³-hybridized carbons (Fsp3) is 0.318. The van der Waals surface area contributed by atoms with Crippen molar-refractivity contribution in [1.29, 1.82) is 0 Å². The van der Waals surface area contributed by atoms with Crippen molar-refractivity contribution in [3.63, 3.8) is 0 Å². The van der Waals surface area contributed by atoms with Crippen molar-refractivity contribution in [3.05, 3.63) is 65.7 Å². The summed E-state index contributed by atoms with van der Waals surface area (Å²) in [5, 5.41) is 2.75. The predicted molar refractivity (Wildman–Crippen MR) is 97.6 cm³/mol. The van der Waals surface area contributed by atoms with Gasteiger partial charge in [-0.25, -0.2) is 0 Å². The molecule has 0 unspecified atom stereocenters. The first-order valence-corrected chi connectivity index (χ1v) is 8.59. The second-order valence-electron chi connectivity index (χ2n) is 6.18. The van der Waals surface area contributed by atoms with Gasteiger partial charge in [-0.2, -0.15) is 6.07 Å². The number of fused-ring (bicyclic) bond motifs is 1. The van der Waals surface area contributed by atoms with Crippen LogP contribution in [-0.4, -0.2) is 0 Å². The molecule has 0 nitrogen and oxygen atoms in total. The van der Waals surface area contributed by atoms with Gasteiger partial charge in [-0.3, -0.25) is 0 Å². The van der Waals surface area contributed by atoms with Crippen LogP contribution in [-0.2, 0) is 39.0 Å². The molecule has 0 atom stereocenters. The maximum Gasteiger partial charge on any atom is 3.00 e. The number of benzene rings is 2. The molecule has 0 spiro atoms. The third-order valence-corrected chi connectivity index (χ3v) is 4.55. The van der Waals surface area contributed by atoms with Gasteiger partial charge in [-0.15, -0.1) is 34.5 Å². The average molecular weight is 452 g/mol. The smallest absolute Gasteiger partial charge is 1.00 e. The van der Waals surface area contributed by atoms with E-state index in [4.69, 9.17) is 0 Å². The van der Waals surface area contributed by atoms with Crippen molar-refractivity contribution >= 4 is 10.8 Å². The zero-order valence-electron chi connectivity index (χ0n) is 15.0. The van der Waals surface area contributed by atoms with E-state index in [9.17, 15) is 0 Å². The van der Waals surface area contributed by atoms with Crippen LogP contribution in [0, 0.1) is 0 Å². The van der Waals surface area contributed by atoms with Gasteiger partial charge in [0.1, 0.15) is 0 Å². The van der Waals surface area contributed by atoms with Crippen LogP contribution in [0.5, 0.6) is 0 Å². The van der Waals surface area contributed by atoms with Gasteiger partial charge in [0.05, 0.1) is 0 Å². The largest absolute Gasteiger partial charge is 3.00 e. The van der Waals surface area contributed by atoms with Crippen LogP contribution in [0.15, 0.2) is 54.6 Å². The van der Waals surface area contributed by atoms with Crippen LogP contribution in [0.25, 0.3) is 21.9 Å². The Morgan fingerprint density at radius 1 is 0.880 bits per heavy atom. The molecule has 0 bridgehead atoms. The Kier molecular flexibility index (Phi) is 11.8. The number of hydrogen-bond donors (Lipinski definition) is 0.